The zero-order chi connectivity index (χ0) is 13.6. The van der Waals surface area contributed by atoms with Crippen LogP contribution < -0.4 is 5.32 Å². The summed E-state index contributed by atoms with van der Waals surface area (Å²) < 4.78 is 36.7. The first-order valence-electron chi connectivity index (χ1n) is 5.33. The lowest BCUT2D eigenvalue weighted by Crippen LogP contribution is -2.41. The lowest BCUT2D eigenvalue weighted by molar-refractivity contribution is -0.192. The molecule has 0 saturated heterocycles. The number of nitrogens with one attached hydrogen (secondary N) is 1. The van der Waals surface area contributed by atoms with Crippen molar-refractivity contribution >= 4 is 5.97 Å². The number of aliphatic hydroxyl groups is 1. The fourth-order valence-corrected chi connectivity index (χ4v) is 1.36. The SMILES string of the molecule is CC(C)CC(O)CNCC(C(=O)O)C(F)(F)F. The van der Waals surface area contributed by atoms with E-state index in [1.807, 2.05) is 13.8 Å². The Bertz CT molecular complexity index is 243. The maximum absolute atomic E-state index is 12.2. The topological polar surface area (TPSA) is 69.6 Å². The summed E-state index contributed by atoms with van der Waals surface area (Å²) in [5.74, 6) is -4.12. The first kappa shape index (κ1) is 16.2. The van der Waals surface area contributed by atoms with E-state index in [2.05, 4.69) is 5.32 Å². The monoisotopic (exact) mass is 257 g/mol. The van der Waals surface area contributed by atoms with Crippen LogP contribution in [0.15, 0.2) is 0 Å². The third kappa shape index (κ3) is 7.17. The van der Waals surface area contributed by atoms with E-state index in [0.717, 1.165) is 0 Å². The number of halogens is 3. The van der Waals surface area contributed by atoms with Crippen LogP contribution in [0.4, 0.5) is 13.2 Å². The van der Waals surface area contributed by atoms with E-state index >= 15 is 0 Å². The fraction of sp³-hybridized carbons (Fsp3) is 0.900. The van der Waals surface area contributed by atoms with Crippen LogP contribution in [0.5, 0.6) is 0 Å². The van der Waals surface area contributed by atoms with Crippen LogP contribution in [0.25, 0.3) is 0 Å². The number of aliphatic hydroxyl groups excluding tert-OH is 1. The molecular formula is C10H18F3NO3. The minimum Gasteiger partial charge on any atom is -0.481 e. The molecule has 17 heavy (non-hydrogen) atoms. The molecule has 0 fully saturated rings. The van der Waals surface area contributed by atoms with Gasteiger partial charge in [0.2, 0.25) is 0 Å². The van der Waals surface area contributed by atoms with Crippen LogP contribution in [0.2, 0.25) is 0 Å². The average molecular weight is 257 g/mol. The summed E-state index contributed by atoms with van der Waals surface area (Å²) >= 11 is 0. The van der Waals surface area contributed by atoms with Crippen molar-refractivity contribution in [3.63, 3.8) is 0 Å². The largest absolute Gasteiger partial charge is 0.481 e. The minimum absolute atomic E-state index is 0.0436. The van der Waals surface area contributed by atoms with Crippen molar-refractivity contribution in [1.82, 2.24) is 5.32 Å². The maximum atomic E-state index is 12.2. The molecule has 4 nitrogen and oxygen atoms in total. The summed E-state index contributed by atoms with van der Waals surface area (Å²) in [7, 11) is 0. The van der Waals surface area contributed by atoms with Gasteiger partial charge in [-0.1, -0.05) is 13.8 Å². The van der Waals surface area contributed by atoms with Crippen LogP contribution >= 0.6 is 0 Å². The molecule has 0 aromatic carbocycles. The predicted molar refractivity (Wildman–Crippen MR) is 55.5 cm³/mol. The van der Waals surface area contributed by atoms with Crippen molar-refractivity contribution in [3.05, 3.63) is 0 Å². The first-order valence-corrected chi connectivity index (χ1v) is 5.33. The number of rotatable bonds is 7. The number of hydrogen-bond donors (Lipinski definition) is 3. The maximum Gasteiger partial charge on any atom is 0.403 e. The van der Waals surface area contributed by atoms with E-state index in [4.69, 9.17) is 5.11 Å². The molecule has 0 rings (SSSR count). The second-order valence-corrected chi connectivity index (χ2v) is 4.37. The lowest BCUT2D eigenvalue weighted by atomic mass is 10.1. The second kappa shape index (κ2) is 6.80. The third-order valence-electron chi connectivity index (χ3n) is 2.17. The third-order valence-corrected chi connectivity index (χ3v) is 2.17. The molecule has 0 aliphatic rings. The zero-order valence-corrected chi connectivity index (χ0v) is 9.79. The van der Waals surface area contributed by atoms with Gasteiger partial charge in [-0.2, -0.15) is 13.2 Å². The van der Waals surface area contributed by atoms with E-state index < -0.39 is 30.7 Å². The number of carboxylic acids is 1. The Morgan fingerprint density at radius 3 is 2.18 bits per heavy atom. The molecular weight excluding hydrogens is 239 g/mol. The average Bonchev–Trinajstić information content (AvgIpc) is 2.08. The van der Waals surface area contributed by atoms with Gasteiger partial charge in [-0.3, -0.25) is 4.79 Å². The van der Waals surface area contributed by atoms with Gasteiger partial charge in [-0.15, -0.1) is 0 Å². The Morgan fingerprint density at radius 2 is 1.82 bits per heavy atom. The van der Waals surface area contributed by atoms with E-state index in [9.17, 15) is 23.1 Å². The first-order chi connectivity index (χ1) is 7.64. The molecule has 2 unspecified atom stereocenters. The Kier molecular flexibility index (Phi) is 6.48. The van der Waals surface area contributed by atoms with Crippen LogP contribution in [-0.2, 0) is 4.79 Å². The van der Waals surface area contributed by atoms with Crippen molar-refractivity contribution in [3.8, 4) is 0 Å². The molecule has 0 spiro atoms. The van der Waals surface area contributed by atoms with Crippen LogP contribution in [0, 0.1) is 11.8 Å². The molecule has 0 bridgehead atoms. The molecule has 0 aromatic heterocycles. The minimum atomic E-state index is -4.78. The number of carbonyl (C=O) groups is 1. The molecule has 0 aliphatic heterocycles. The van der Waals surface area contributed by atoms with Gasteiger partial charge < -0.3 is 15.5 Å². The highest BCUT2D eigenvalue weighted by atomic mass is 19.4. The number of hydrogen-bond acceptors (Lipinski definition) is 3. The van der Waals surface area contributed by atoms with Crippen molar-refractivity contribution in [2.24, 2.45) is 11.8 Å². The van der Waals surface area contributed by atoms with Crippen LogP contribution in [0.1, 0.15) is 20.3 Å². The fourth-order valence-electron chi connectivity index (χ4n) is 1.36. The Morgan fingerprint density at radius 1 is 1.29 bits per heavy atom. The van der Waals surface area contributed by atoms with Crippen molar-refractivity contribution in [2.45, 2.75) is 32.5 Å². The van der Waals surface area contributed by atoms with Gasteiger partial charge in [-0.25, -0.2) is 0 Å². The van der Waals surface area contributed by atoms with Gasteiger partial charge in [0.15, 0.2) is 5.92 Å². The summed E-state index contributed by atoms with van der Waals surface area (Å²) in [6, 6.07) is 0. The second-order valence-electron chi connectivity index (χ2n) is 4.37. The highest BCUT2D eigenvalue weighted by Crippen LogP contribution is 2.25. The highest BCUT2D eigenvalue weighted by Gasteiger charge is 2.44. The molecule has 0 heterocycles. The molecule has 0 aliphatic carbocycles. The lowest BCUT2D eigenvalue weighted by Gasteiger charge is -2.18. The standard InChI is InChI=1S/C10H18F3NO3/c1-6(2)3-7(15)4-14-5-8(9(16)17)10(11,12)13/h6-8,14-15H,3-5H2,1-2H3,(H,16,17). The van der Waals surface area contributed by atoms with Crippen molar-refractivity contribution < 1.29 is 28.2 Å². The number of aliphatic carboxylic acids is 1. The molecule has 0 aromatic rings. The molecule has 3 N–H and O–H groups in total. The molecule has 0 amide bonds. The van der Waals surface area contributed by atoms with Gasteiger partial charge in [0, 0.05) is 13.1 Å². The van der Waals surface area contributed by atoms with Gasteiger partial charge in [0.05, 0.1) is 6.10 Å². The zero-order valence-electron chi connectivity index (χ0n) is 9.79. The summed E-state index contributed by atoms with van der Waals surface area (Å²) in [5, 5.41) is 20.1. The Hall–Kier alpha value is -0.820. The van der Waals surface area contributed by atoms with Crippen molar-refractivity contribution in [1.29, 1.82) is 0 Å². The molecule has 102 valence electrons. The van der Waals surface area contributed by atoms with Crippen LogP contribution in [0.3, 0.4) is 0 Å². The van der Waals surface area contributed by atoms with Crippen molar-refractivity contribution in [2.75, 3.05) is 13.1 Å². The van der Waals surface area contributed by atoms with E-state index in [0.29, 0.717) is 6.42 Å². The number of alkyl halides is 3. The molecule has 0 radical (unpaired) electrons. The Labute approximate surface area is 97.8 Å². The molecule has 7 heteroatoms. The molecule has 0 saturated carbocycles. The number of carboxylic acid groups (broad SMARTS) is 1. The van der Waals surface area contributed by atoms with E-state index in [-0.39, 0.29) is 12.5 Å². The van der Waals surface area contributed by atoms with Gasteiger partial charge in [0.1, 0.15) is 0 Å². The molecule has 2 atom stereocenters. The van der Waals surface area contributed by atoms with Gasteiger partial charge >= 0.3 is 12.1 Å². The summed E-state index contributed by atoms with van der Waals surface area (Å²) in [6.45, 7) is 2.98. The summed E-state index contributed by atoms with van der Waals surface area (Å²) in [5.41, 5.74) is 0. The highest BCUT2D eigenvalue weighted by molar-refractivity contribution is 5.71. The normalized spacial score (nSPS) is 15.9. The smallest absolute Gasteiger partial charge is 0.403 e. The van der Waals surface area contributed by atoms with Gasteiger partial charge in [0.25, 0.3) is 0 Å². The Balaban J connectivity index is 4.04. The van der Waals surface area contributed by atoms with Crippen LogP contribution in [-0.4, -0.2) is 41.6 Å². The summed E-state index contributed by atoms with van der Waals surface area (Å²) in [4.78, 5) is 10.4. The van der Waals surface area contributed by atoms with E-state index in [1.54, 1.807) is 0 Å². The predicted octanol–water partition coefficient (Wildman–Crippen LogP) is 1.25. The summed E-state index contributed by atoms with van der Waals surface area (Å²) in [6.07, 6.45) is -5.09. The quantitative estimate of drug-likeness (QED) is 0.642. The van der Waals surface area contributed by atoms with Gasteiger partial charge in [-0.05, 0) is 12.3 Å². The van der Waals surface area contributed by atoms with E-state index in [1.165, 1.54) is 0 Å².